The molecule has 6 aromatic carbocycles. The SMILES string of the molecule is OC1(c2cccc(Br)c2-c2c(Br)cccc2C2(O)c3ccccc3Oc3ccccc32)c2ccccc2Oc2ccccc21. The molecule has 0 aromatic heterocycles. The van der Waals surface area contributed by atoms with Gasteiger partial charge in [-0.3, -0.25) is 0 Å². The Bertz CT molecular complexity index is 1860. The number of fused-ring (bicyclic) bond motifs is 4. The monoisotopic (exact) mass is 702 g/mol. The smallest absolute Gasteiger partial charge is 0.148 e. The lowest BCUT2D eigenvalue weighted by Crippen LogP contribution is -2.34. The number of hydrogen-bond donors (Lipinski definition) is 2. The van der Waals surface area contributed by atoms with Crippen molar-refractivity contribution in [2.24, 2.45) is 0 Å². The van der Waals surface area contributed by atoms with Gasteiger partial charge in [0.05, 0.1) is 0 Å². The third-order valence-electron chi connectivity index (χ3n) is 8.60. The summed E-state index contributed by atoms with van der Waals surface area (Å²) in [6, 6.07) is 41.9. The first-order chi connectivity index (χ1) is 21.4. The second-order valence-electron chi connectivity index (χ2n) is 10.9. The van der Waals surface area contributed by atoms with Gasteiger partial charge in [0.1, 0.15) is 34.2 Å². The molecule has 0 radical (unpaired) electrons. The number of rotatable bonds is 3. The van der Waals surface area contributed by atoms with Crippen LogP contribution in [0.3, 0.4) is 0 Å². The highest BCUT2D eigenvalue weighted by Gasteiger charge is 2.47. The van der Waals surface area contributed by atoms with Gasteiger partial charge in [-0.05, 0) is 36.4 Å². The summed E-state index contributed by atoms with van der Waals surface area (Å²) in [4.78, 5) is 0. The minimum absolute atomic E-state index is 0.581. The van der Waals surface area contributed by atoms with Crippen molar-refractivity contribution < 1.29 is 19.7 Å². The molecule has 0 spiro atoms. The first-order valence-electron chi connectivity index (χ1n) is 14.2. The molecule has 0 bridgehead atoms. The highest BCUT2D eigenvalue weighted by Crippen LogP contribution is 2.57. The highest BCUT2D eigenvalue weighted by molar-refractivity contribution is 9.11. The van der Waals surface area contributed by atoms with Crippen LogP contribution in [0.15, 0.2) is 142 Å². The molecule has 0 aliphatic carbocycles. The maximum Gasteiger partial charge on any atom is 0.148 e. The van der Waals surface area contributed by atoms with Gasteiger partial charge < -0.3 is 19.7 Å². The molecule has 6 aromatic rings. The fraction of sp³-hybridized carbons (Fsp3) is 0.0526. The van der Waals surface area contributed by atoms with Gasteiger partial charge >= 0.3 is 0 Å². The lowest BCUT2D eigenvalue weighted by molar-refractivity contribution is 0.111. The van der Waals surface area contributed by atoms with E-state index in [9.17, 15) is 10.2 Å². The molecule has 0 atom stereocenters. The van der Waals surface area contributed by atoms with E-state index in [1.54, 1.807) is 0 Å². The zero-order valence-electron chi connectivity index (χ0n) is 23.2. The van der Waals surface area contributed by atoms with E-state index in [1.807, 2.05) is 133 Å². The fourth-order valence-electron chi connectivity index (χ4n) is 6.69. The lowest BCUT2D eigenvalue weighted by atomic mass is 9.72. The van der Waals surface area contributed by atoms with Crippen molar-refractivity contribution >= 4 is 31.9 Å². The van der Waals surface area contributed by atoms with Crippen LogP contribution in [0.1, 0.15) is 33.4 Å². The van der Waals surface area contributed by atoms with Gasteiger partial charge in [0.25, 0.3) is 0 Å². The van der Waals surface area contributed by atoms with E-state index in [4.69, 9.17) is 9.47 Å². The van der Waals surface area contributed by atoms with Crippen molar-refractivity contribution in [1.82, 2.24) is 0 Å². The average Bonchev–Trinajstić information content (AvgIpc) is 3.05. The number of halogens is 2. The molecule has 0 fully saturated rings. The second kappa shape index (κ2) is 10.2. The summed E-state index contributed by atoms with van der Waals surface area (Å²) in [6.45, 7) is 0. The fourth-order valence-corrected chi connectivity index (χ4v) is 7.81. The van der Waals surface area contributed by atoms with Crippen molar-refractivity contribution in [3.8, 4) is 34.1 Å². The van der Waals surface area contributed by atoms with E-state index in [-0.39, 0.29) is 0 Å². The van der Waals surface area contributed by atoms with Crippen molar-refractivity contribution in [2.75, 3.05) is 0 Å². The largest absolute Gasteiger partial charge is 0.457 e. The first kappa shape index (κ1) is 27.4. The molecule has 214 valence electrons. The molecular weight excluding hydrogens is 680 g/mol. The van der Waals surface area contributed by atoms with E-state index < -0.39 is 11.2 Å². The Morgan fingerprint density at radius 1 is 0.364 bits per heavy atom. The molecule has 0 amide bonds. The molecule has 0 saturated carbocycles. The minimum atomic E-state index is -1.58. The summed E-state index contributed by atoms with van der Waals surface area (Å²) in [5.74, 6) is 2.33. The van der Waals surface area contributed by atoms with Crippen LogP contribution >= 0.6 is 31.9 Å². The van der Waals surface area contributed by atoms with Crippen molar-refractivity contribution in [1.29, 1.82) is 0 Å². The van der Waals surface area contributed by atoms with Gasteiger partial charge in [-0.25, -0.2) is 0 Å². The third kappa shape index (κ3) is 3.82. The van der Waals surface area contributed by atoms with Crippen molar-refractivity contribution in [3.63, 3.8) is 0 Å². The summed E-state index contributed by atoms with van der Waals surface area (Å²) in [5, 5.41) is 26.2. The molecule has 6 heteroatoms. The Morgan fingerprint density at radius 2 is 0.636 bits per heavy atom. The van der Waals surface area contributed by atoms with E-state index in [0.717, 1.165) is 20.1 Å². The van der Waals surface area contributed by atoms with Gasteiger partial charge in [0, 0.05) is 53.5 Å². The van der Waals surface area contributed by atoms with E-state index in [0.29, 0.717) is 56.4 Å². The Hall–Kier alpha value is -4.20. The van der Waals surface area contributed by atoms with Crippen LogP contribution in [0.4, 0.5) is 0 Å². The molecule has 44 heavy (non-hydrogen) atoms. The highest BCUT2D eigenvalue weighted by atomic mass is 79.9. The molecule has 8 rings (SSSR count). The average molecular weight is 704 g/mol. The quantitative estimate of drug-likeness (QED) is 0.193. The predicted octanol–water partition coefficient (Wildman–Crippen LogP) is 9.66. The Balaban J connectivity index is 1.47. The van der Waals surface area contributed by atoms with Crippen LogP contribution in [0, 0.1) is 0 Å². The third-order valence-corrected chi connectivity index (χ3v) is 9.93. The number of hydrogen-bond acceptors (Lipinski definition) is 4. The van der Waals surface area contributed by atoms with Crippen LogP contribution in [-0.2, 0) is 11.2 Å². The molecule has 2 aliphatic rings. The van der Waals surface area contributed by atoms with E-state index in [2.05, 4.69) is 31.9 Å². The van der Waals surface area contributed by atoms with E-state index in [1.165, 1.54) is 0 Å². The summed E-state index contributed by atoms with van der Waals surface area (Å²) < 4.78 is 14.1. The number of ether oxygens (including phenoxy) is 2. The van der Waals surface area contributed by atoms with Crippen LogP contribution in [-0.4, -0.2) is 10.2 Å². The normalized spacial score (nSPS) is 15.1. The predicted molar refractivity (Wildman–Crippen MR) is 177 cm³/mol. The van der Waals surface area contributed by atoms with Gasteiger partial charge in [-0.15, -0.1) is 0 Å². The molecule has 4 nitrogen and oxygen atoms in total. The maximum absolute atomic E-state index is 13.1. The molecule has 2 heterocycles. The van der Waals surface area contributed by atoms with Crippen LogP contribution in [0.5, 0.6) is 23.0 Å². The zero-order valence-corrected chi connectivity index (χ0v) is 26.3. The van der Waals surface area contributed by atoms with Gasteiger partial charge in [-0.1, -0.05) is 129 Å². The molecular formula is C38H24Br2O4. The summed E-state index contributed by atoms with van der Waals surface area (Å²) in [6.07, 6.45) is 0. The standard InChI is InChI=1S/C38H24Br2O4/c39-29-17-9-15-27(37(41)23-11-1-5-19-31(23)43-32-20-6-2-12-24(32)37)35(29)36-28(16-10-18-30(36)40)38(42)25-13-3-7-21-33(25)44-34-22-8-4-14-26(34)38/h1-22,41-42H. The van der Waals surface area contributed by atoms with Gasteiger partial charge in [0.15, 0.2) is 0 Å². The van der Waals surface area contributed by atoms with Gasteiger partial charge in [0.2, 0.25) is 0 Å². The maximum atomic E-state index is 13.1. The van der Waals surface area contributed by atoms with Gasteiger partial charge in [-0.2, -0.15) is 0 Å². The number of aliphatic hydroxyl groups is 2. The zero-order chi connectivity index (χ0) is 30.1. The molecule has 2 aliphatic heterocycles. The van der Waals surface area contributed by atoms with Crippen LogP contribution in [0.2, 0.25) is 0 Å². The van der Waals surface area contributed by atoms with Crippen molar-refractivity contribution in [3.05, 3.63) is 176 Å². The molecule has 0 unspecified atom stereocenters. The summed E-state index contributed by atoms with van der Waals surface area (Å²) in [7, 11) is 0. The Labute approximate surface area is 271 Å². The number of para-hydroxylation sites is 4. The minimum Gasteiger partial charge on any atom is -0.457 e. The summed E-state index contributed by atoms with van der Waals surface area (Å²) in [5.41, 5.74) is 2.12. The van der Waals surface area contributed by atoms with Crippen LogP contribution in [0.25, 0.3) is 11.1 Å². The van der Waals surface area contributed by atoms with Crippen molar-refractivity contribution in [2.45, 2.75) is 11.2 Å². The second-order valence-corrected chi connectivity index (χ2v) is 12.6. The Morgan fingerprint density at radius 3 is 0.955 bits per heavy atom. The molecule has 0 saturated heterocycles. The summed E-state index contributed by atoms with van der Waals surface area (Å²) >= 11 is 7.72. The Kier molecular flexibility index (Phi) is 6.33. The topological polar surface area (TPSA) is 58.9 Å². The molecule has 2 N–H and O–H groups in total. The van der Waals surface area contributed by atoms with E-state index >= 15 is 0 Å². The van der Waals surface area contributed by atoms with Crippen LogP contribution < -0.4 is 9.47 Å². The number of benzene rings is 6. The lowest BCUT2D eigenvalue weighted by Gasteiger charge is -2.40. The first-order valence-corrected chi connectivity index (χ1v) is 15.8.